The highest BCUT2D eigenvalue weighted by Crippen LogP contribution is 2.40. The van der Waals surface area contributed by atoms with Crippen molar-refractivity contribution in [3.63, 3.8) is 0 Å². The van der Waals surface area contributed by atoms with Gasteiger partial charge in [0.25, 0.3) is 0 Å². The second-order valence-electron chi connectivity index (χ2n) is 9.71. The van der Waals surface area contributed by atoms with Gasteiger partial charge in [0.15, 0.2) is 0 Å². The summed E-state index contributed by atoms with van der Waals surface area (Å²) in [6.45, 7) is 21.9. The molecule has 1 aliphatic rings. The number of nitrogens with zero attached hydrogens (tertiary/aromatic N) is 2. The van der Waals surface area contributed by atoms with Gasteiger partial charge < -0.3 is 9.80 Å². The van der Waals surface area contributed by atoms with Crippen LogP contribution in [0.2, 0.25) is 0 Å². The molecule has 164 valence electrons. The molecule has 3 rings (SSSR count). The monoisotopic (exact) mass is 414 g/mol. The van der Waals surface area contributed by atoms with Crippen molar-refractivity contribution in [1.29, 1.82) is 0 Å². The number of para-hydroxylation sites is 2. The van der Waals surface area contributed by atoms with Crippen molar-refractivity contribution in [2.24, 2.45) is 0 Å². The Hall–Kier alpha value is -2.48. The van der Waals surface area contributed by atoms with Crippen LogP contribution < -0.4 is 9.80 Å². The van der Waals surface area contributed by atoms with Crippen molar-refractivity contribution in [3.05, 3.63) is 89.9 Å². The first-order valence-corrected chi connectivity index (χ1v) is 11.7. The lowest BCUT2D eigenvalue weighted by molar-refractivity contribution is 0.813. The van der Waals surface area contributed by atoms with Gasteiger partial charge in [-0.2, -0.15) is 0 Å². The van der Waals surface area contributed by atoms with Crippen molar-refractivity contribution in [1.82, 2.24) is 0 Å². The molecule has 0 fully saturated rings. The van der Waals surface area contributed by atoms with Gasteiger partial charge in [0.05, 0.1) is 0 Å². The second-order valence-corrected chi connectivity index (χ2v) is 9.71. The van der Waals surface area contributed by atoms with Gasteiger partial charge in [0.1, 0.15) is 0 Å². The highest BCUT2D eigenvalue weighted by atomic mass is 15.3. The predicted molar refractivity (Wildman–Crippen MR) is 136 cm³/mol. The van der Waals surface area contributed by atoms with Crippen molar-refractivity contribution >= 4 is 11.4 Å². The molecule has 2 heteroatoms. The van der Waals surface area contributed by atoms with Gasteiger partial charge in [-0.3, -0.25) is 0 Å². The molecule has 31 heavy (non-hydrogen) atoms. The van der Waals surface area contributed by atoms with E-state index >= 15 is 0 Å². The summed E-state index contributed by atoms with van der Waals surface area (Å²) in [4.78, 5) is 4.40. The molecule has 0 atom stereocenters. The molecule has 0 N–H and O–H groups in total. The molecule has 0 unspecified atom stereocenters. The molecule has 0 amide bonds. The molecule has 1 heterocycles. The van der Waals surface area contributed by atoms with E-state index in [0.29, 0.717) is 23.7 Å². The van der Waals surface area contributed by atoms with Crippen molar-refractivity contribution < 1.29 is 0 Å². The van der Waals surface area contributed by atoms with Crippen LogP contribution >= 0.6 is 0 Å². The van der Waals surface area contributed by atoms with Crippen LogP contribution in [0.1, 0.15) is 101 Å². The first-order chi connectivity index (χ1) is 14.7. The van der Waals surface area contributed by atoms with E-state index in [4.69, 9.17) is 0 Å². The Kier molecular flexibility index (Phi) is 7.30. The summed E-state index contributed by atoms with van der Waals surface area (Å²) in [6, 6.07) is 13.4. The fourth-order valence-corrected chi connectivity index (χ4v) is 4.28. The van der Waals surface area contributed by atoms with Crippen LogP contribution in [0.5, 0.6) is 0 Å². The third-order valence-corrected chi connectivity index (χ3v) is 5.96. The minimum absolute atomic E-state index is 0.433. The maximum absolute atomic E-state index is 3.72. The van der Waals surface area contributed by atoms with Gasteiger partial charge in [-0.25, -0.2) is 0 Å². The van der Waals surface area contributed by atoms with E-state index in [1.165, 1.54) is 33.6 Å². The summed E-state index contributed by atoms with van der Waals surface area (Å²) < 4.78 is 0. The van der Waals surface area contributed by atoms with E-state index in [1.807, 2.05) is 0 Å². The molecule has 0 aromatic heterocycles. The maximum Gasteiger partial charge on any atom is 0.217 e. The Morgan fingerprint density at radius 3 is 1.06 bits per heavy atom. The van der Waals surface area contributed by atoms with Crippen molar-refractivity contribution in [2.45, 2.75) is 79.1 Å². The molecule has 2 aromatic carbocycles. The molecule has 0 aliphatic carbocycles. The number of hydrogen-bond acceptors (Lipinski definition) is 2. The average Bonchev–Trinajstić information content (AvgIpc) is 2.98. The van der Waals surface area contributed by atoms with Crippen LogP contribution in [0, 0.1) is 6.67 Å². The molecule has 1 aliphatic heterocycles. The fourth-order valence-electron chi connectivity index (χ4n) is 4.28. The summed E-state index contributed by atoms with van der Waals surface area (Å²) in [7, 11) is 0. The lowest BCUT2D eigenvalue weighted by atomic mass is 9.91. The molecule has 2 nitrogen and oxygen atoms in total. The van der Waals surface area contributed by atoms with E-state index < -0.39 is 0 Å². The van der Waals surface area contributed by atoms with E-state index in [0.717, 1.165) is 0 Å². The second kappa shape index (κ2) is 9.77. The van der Waals surface area contributed by atoms with Crippen LogP contribution in [0.4, 0.5) is 11.4 Å². The molecular weight excluding hydrogens is 376 g/mol. The smallest absolute Gasteiger partial charge is 0.217 e. The number of rotatable bonds is 6. The minimum Gasteiger partial charge on any atom is -0.316 e. The van der Waals surface area contributed by atoms with E-state index in [1.54, 1.807) is 0 Å². The van der Waals surface area contributed by atoms with Gasteiger partial charge in [0.2, 0.25) is 6.67 Å². The first-order valence-electron chi connectivity index (χ1n) is 11.7. The molecule has 0 saturated carbocycles. The van der Waals surface area contributed by atoms with E-state index in [-0.39, 0.29) is 0 Å². The topological polar surface area (TPSA) is 6.48 Å². The quantitative estimate of drug-likeness (QED) is 0.467. The summed E-state index contributed by atoms with van der Waals surface area (Å²) in [5.41, 5.74) is 7.92. The van der Waals surface area contributed by atoms with Crippen molar-refractivity contribution in [2.75, 3.05) is 9.80 Å². The SMILES string of the molecule is CC(C)c1cccc(C(C)C)c1N1[C]N(c2c(C(C)C)cccc2C(C)C)C=CC=C1. The summed E-state index contributed by atoms with van der Waals surface area (Å²) in [5.74, 6) is 1.73. The third-order valence-electron chi connectivity index (χ3n) is 5.96. The van der Waals surface area contributed by atoms with Crippen LogP contribution in [0.25, 0.3) is 0 Å². The Morgan fingerprint density at radius 2 is 0.806 bits per heavy atom. The number of anilines is 2. The Labute approximate surface area is 190 Å². The van der Waals surface area contributed by atoms with Crippen LogP contribution in [-0.2, 0) is 0 Å². The highest BCUT2D eigenvalue weighted by Gasteiger charge is 2.25. The van der Waals surface area contributed by atoms with Gasteiger partial charge in [-0.15, -0.1) is 0 Å². The molecule has 2 aromatic rings. The maximum atomic E-state index is 3.72. The Balaban J connectivity index is 2.14. The Bertz CT molecular complexity index is 817. The number of hydrogen-bond donors (Lipinski definition) is 0. The molecule has 0 saturated heterocycles. The first kappa shape index (κ1) is 23.2. The van der Waals surface area contributed by atoms with Crippen LogP contribution in [-0.4, -0.2) is 0 Å². The van der Waals surface area contributed by atoms with E-state index in [2.05, 4.69) is 133 Å². The fraction of sp³-hybridized carbons (Fsp3) is 0.414. The lowest BCUT2D eigenvalue weighted by Gasteiger charge is -2.33. The highest BCUT2D eigenvalue weighted by molar-refractivity contribution is 5.71. The van der Waals surface area contributed by atoms with E-state index in [9.17, 15) is 0 Å². The standard InChI is InChI=1S/C29H38N2/c1-20(2)24-13-11-14-25(21(3)4)28(24)30-17-9-10-18-31(19-30)29-26(22(5)6)15-12-16-27(29)23(7)8/h9-18,20-23H,1-8H3. The minimum atomic E-state index is 0.433. The molecule has 0 bridgehead atoms. The van der Waals surface area contributed by atoms with Crippen LogP contribution in [0.15, 0.2) is 61.0 Å². The zero-order valence-corrected chi connectivity index (χ0v) is 20.5. The lowest BCUT2D eigenvalue weighted by Crippen LogP contribution is -2.28. The predicted octanol–water partition coefficient (Wildman–Crippen LogP) is 8.53. The average molecular weight is 415 g/mol. The zero-order valence-electron chi connectivity index (χ0n) is 20.5. The third kappa shape index (κ3) is 4.89. The molecule has 2 radical (unpaired) electrons. The van der Waals surface area contributed by atoms with Crippen molar-refractivity contribution in [3.8, 4) is 0 Å². The normalized spacial score (nSPS) is 14.5. The summed E-state index contributed by atoms with van der Waals surface area (Å²) in [5, 5.41) is 0. The van der Waals surface area contributed by atoms with Gasteiger partial charge in [-0.05, 0) is 58.1 Å². The van der Waals surface area contributed by atoms with Crippen LogP contribution in [0.3, 0.4) is 0 Å². The largest absolute Gasteiger partial charge is 0.316 e. The molecule has 0 spiro atoms. The number of benzene rings is 2. The molecular formula is C29H38N2. The summed E-state index contributed by atoms with van der Waals surface area (Å²) in [6.07, 6.45) is 8.50. The van der Waals surface area contributed by atoms with Gasteiger partial charge in [-0.1, -0.05) is 91.8 Å². The Morgan fingerprint density at radius 1 is 0.516 bits per heavy atom. The van der Waals surface area contributed by atoms with Gasteiger partial charge in [0, 0.05) is 23.8 Å². The number of allylic oxidation sites excluding steroid dienone is 2. The zero-order chi connectivity index (χ0) is 22.7. The summed E-state index contributed by atoms with van der Waals surface area (Å²) >= 11 is 0. The van der Waals surface area contributed by atoms with Gasteiger partial charge >= 0.3 is 0 Å².